The Labute approximate surface area is 231 Å². The maximum absolute atomic E-state index is 14.1. The van der Waals surface area contributed by atoms with Gasteiger partial charge in [-0.15, -0.1) is 0 Å². The van der Waals surface area contributed by atoms with E-state index in [-0.39, 0.29) is 16.8 Å². The molecule has 2 heteroatoms. The Balaban J connectivity index is 1.60. The Morgan fingerprint density at radius 2 is 1.11 bits per heavy atom. The zero-order valence-corrected chi connectivity index (χ0v) is 25.3. The summed E-state index contributed by atoms with van der Waals surface area (Å²) in [5.41, 5.74) is 0.0256. The average molecular weight is 517 g/mol. The molecule has 216 valence electrons. The van der Waals surface area contributed by atoms with Crippen molar-refractivity contribution in [3.8, 4) is 0 Å². The van der Waals surface area contributed by atoms with Gasteiger partial charge < -0.3 is 4.74 Å². The minimum absolute atomic E-state index is 0.185. The van der Waals surface area contributed by atoms with Crippen molar-refractivity contribution in [1.82, 2.24) is 0 Å². The summed E-state index contributed by atoms with van der Waals surface area (Å²) in [6.07, 6.45) is 35.6. The molecule has 0 saturated heterocycles. The number of hydrogen-bond donors (Lipinski definition) is 0. The van der Waals surface area contributed by atoms with E-state index in [4.69, 9.17) is 4.74 Å². The predicted octanol–water partition coefficient (Wildman–Crippen LogP) is 11.3. The maximum Gasteiger partial charge on any atom is 0.312 e. The highest BCUT2D eigenvalue weighted by Crippen LogP contribution is 2.61. The molecule has 37 heavy (non-hydrogen) atoms. The number of hydrogen-bond acceptors (Lipinski definition) is 2. The second kappa shape index (κ2) is 17.2. The van der Waals surface area contributed by atoms with Crippen molar-refractivity contribution >= 4 is 5.97 Å². The van der Waals surface area contributed by atoms with Crippen LogP contribution in [-0.2, 0) is 9.53 Å². The first-order valence-electron chi connectivity index (χ1n) is 17.3. The molecule has 0 N–H and O–H groups in total. The lowest BCUT2D eigenvalue weighted by atomic mass is 9.49. The Kier molecular flexibility index (Phi) is 14.4. The Bertz CT molecular complexity index is 590. The second-order valence-electron chi connectivity index (χ2n) is 13.6. The van der Waals surface area contributed by atoms with Crippen LogP contribution >= 0.6 is 0 Å². The van der Waals surface area contributed by atoms with Gasteiger partial charge in [-0.1, -0.05) is 136 Å². The molecule has 0 radical (unpaired) electrons. The molecule has 3 fully saturated rings. The molecule has 0 amide bonds. The zero-order valence-electron chi connectivity index (χ0n) is 25.3. The normalized spacial score (nSPS) is 26.7. The predicted molar refractivity (Wildman–Crippen MR) is 159 cm³/mol. The van der Waals surface area contributed by atoms with Crippen LogP contribution in [0.25, 0.3) is 0 Å². The van der Waals surface area contributed by atoms with E-state index >= 15 is 0 Å². The molecule has 0 aromatic rings. The molecule has 0 bridgehead atoms. The maximum atomic E-state index is 14.1. The van der Waals surface area contributed by atoms with E-state index in [0.29, 0.717) is 6.61 Å². The minimum Gasteiger partial charge on any atom is -0.465 e. The summed E-state index contributed by atoms with van der Waals surface area (Å²) in [6, 6.07) is 0. The van der Waals surface area contributed by atoms with Crippen molar-refractivity contribution in [1.29, 1.82) is 0 Å². The van der Waals surface area contributed by atoms with Gasteiger partial charge in [-0.3, -0.25) is 4.79 Å². The van der Waals surface area contributed by atoms with Crippen molar-refractivity contribution in [3.05, 3.63) is 0 Å². The Hall–Kier alpha value is -0.530. The third-order valence-electron chi connectivity index (χ3n) is 11.2. The van der Waals surface area contributed by atoms with Crippen LogP contribution < -0.4 is 0 Å². The minimum atomic E-state index is -0.185. The fraction of sp³-hybridized carbons (Fsp3) is 0.971. The molecule has 3 saturated carbocycles. The van der Waals surface area contributed by atoms with Crippen LogP contribution in [0.4, 0.5) is 0 Å². The topological polar surface area (TPSA) is 26.3 Å². The standard InChI is InChI=1S/C35H64O2/c1-3-5-7-9-10-11-12-20-30-37-33(36)35(26-18-14-19-27-35)34(25-17-8-6-4-2)28-23-32(24-29-34)31-21-15-13-16-22-31/h31-32H,3-30H2,1-2H3/t32-,34+. The molecule has 0 atom stereocenters. The first-order valence-corrected chi connectivity index (χ1v) is 17.3. The van der Waals surface area contributed by atoms with E-state index < -0.39 is 0 Å². The highest BCUT2D eigenvalue weighted by molar-refractivity contribution is 5.78. The van der Waals surface area contributed by atoms with Crippen LogP contribution in [0, 0.1) is 22.7 Å². The van der Waals surface area contributed by atoms with Crippen molar-refractivity contribution in [2.75, 3.05) is 6.61 Å². The van der Waals surface area contributed by atoms with Crippen LogP contribution in [0.1, 0.15) is 187 Å². The van der Waals surface area contributed by atoms with E-state index in [1.165, 1.54) is 154 Å². The Morgan fingerprint density at radius 3 is 1.73 bits per heavy atom. The fourth-order valence-electron chi connectivity index (χ4n) is 8.77. The van der Waals surface area contributed by atoms with Crippen LogP contribution in [0.3, 0.4) is 0 Å². The van der Waals surface area contributed by atoms with E-state index in [9.17, 15) is 4.79 Å². The van der Waals surface area contributed by atoms with Gasteiger partial charge in [0.05, 0.1) is 12.0 Å². The molecule has 0 spiro atoms. The summed E-state index contributed by atoms with van der Waals surface area (Å²) in [7, 11) is 0. The van der Waals surface area contributed by atoms with Crippen molar-refractivity contribution in [2.24, 2.45) is 22.7 Å². The lowest BCUT2D eigenvalue weighted by Crippen LogP contribution is -2.52. The molecule has 3 aliphatic carbocycles. The first-order chi connectivity index (χ1) is 18.2. The van der Waals surface area contributed by atoms with Crippen LogP contribution in [-0.4, -0.2) is 12.6 Å². The van der Waals surface area contributed by atoms with E-state index in [1.807, 2.05) is 0 Å². The number of rotatable bonds is 17. The zero-order chi connectivity index (χ0) is 26.2. The molecular formula is C35H64O2. The summed E-state index contributed by atoms with van der Waals surface area (Å²) in [4.78, 5) is 14.1. The number of unbranched alkanes of at least 4 members (excludes halogenated alkanes) is 10. The van der Waals surface area contributed by atoms with Gasteiger partial charge in [0.25, 0.3) is 0 Å². The van der Waals surface area contributed by atoms with Crippen molar-refractivity contribution in [3.63, 3.8) is 0 Å². The summed E-state index contributed by atoms with van der Waals surface area (Å²) < 4.78 is 6.24. The Morgan fingerprint density at radius 1 is 0.595 bits per heavy atom. The van der Waals surface area contributed by atoms with Gasteiger partial charge in [0, 0.05) is 0 Å². The summed E-state index contributed by atoms with van der Waals surface area (Å²) in [6.45, 7) is 5.26. The summed E-state index contributed by atoms with van der Waals surface area (Å²) in [5, 5.41) is 0. The highest BCUT2D eigenvalue weighted by Gasteiger charge is 2.57. The summed E-state index contributed by atoms with van der Waals surface area (Å²) in [5.74, 6) is 2.13. The van der Waals surface area contributed by atoms with E-state index in [1.54, 1.807) is 0 Å². The number of carbonyl (C=O) groups excluding carboxylic acids is 1. The van der Waals surface area contributed by atoms with Gasteiger partial charge >= 0.3 is 5.97 Å². The van der Waals surface area contributed by atoms with Crippen molar-refractivity contribution < 1.29 is 9.53 Å². The SMILES string of the molecule is CCCCCCCCCCOC(=O)C1([C@]2(CCCCCC)CC[C@H](C3CCCCC3)CC2)CCCCC1. The molecule has 2 nitrogen and oxygen atoms in total. The molecule has 3 rings (SSSR count). The largest absolute Gasteiger partial charge is 0.465 e. The molecule has 0 aromatic carbocycles. The van der Waals surface area contributed by atoms with Gasteiger partial charge in [0.15, 0.2) is 0 Å². The third kappa shape index (κ3) is 8.99. The van der Waals surface area contributed by atoms with Crippen LogP contribution in [0.15, 0.2) is 0 Å². The van der Waals surface area contributed by atoms with Gasteiger partial charge in [0.2, 0.25) is 0 Å². The van der Waals surface area contributed by atoms with Crippen LogP contribution in [0.5, 0.6) is 0 Å². The van der Waals surface area contributed by atoms with Gasteiger partial charge in [-0.2, -0.15) is 0 Å². The molecule has 3 aliphatic rings. The molecule has 0 heterocycles. The van der Waals surface area contributed by atoms with Gasteiger partial charge in [0.1, 0.15) is 0 Å². The molecular weight excluding hydrogens is 452 g/mol. The third-order valence-corrected chi connectivity index (χ3v) is 11.2. The second-order valence-corrected chi connectivity index (χ2v) is 13.6. The molecule has 0 aromatic heterocycles. The average Bonchev–Trinajstić information content (AvgIpc) is 2.95. The summed E-state index contributed by atoms with van der Waals surface area (Å²) >= 11 is 0. The van der Waals surface area contributed by atoms with E-state index in [2.05, 4.69) is 13.8 Å². The van der Waals surface area contributed by atoms with Crippen LogP contribution in [0.2, 0.25) is 0 Å². The van der Waals surface area contributed by atoms with E-state index in [0.717, 1.165) is 31.1 Å². The quantitative estimate of drug-likeness (QED) is 0.142. The monoisotopic (exact) mass is 516 g/mol. The van der Waals surface area contributed by atoms with Gasteiger partial charge in [-0.05, 0) is 68.6 Å². The smallest absolute Gasteiger partial charge is 0.312 e. The number of ether oxygens (including phenoxy) is 1. The molecule has 0 unspecified atom stereocenters. The highest BCUT2D eigenvalue weighted by atomic mass is 16.5. The fourth-order valence-corrected chi connectivity index (χ4v) is 8.77. The lowest BCUT2D eigenvalue weighted by Gasteiger charge is -2.55. The number of esters is 1. The number of carbonyl (C=O) groups is 1. The van der Waals surface area contributed by atoms with Gasteiger partial charge in [-0.25, -0.2) is 0 Å². The molecule has 0 aliphatic heterocycles. The first kappa shape index (κ1) is 31.0. The lowest BCUT2D eigenvalue weighted by molar-refractivity contribution is -0.175. The van der Waals surface area contributed by atoms with Crippen molar-refractivity contribution in [2.45, 2.75) is 187 Å².